The molecule has 3 aromatic carbocycles. The number of fused-ring (bicyclic) bond motifs is 1. The van der Waals surface area contributed by atoms with Crippen molar-refractivity contribution in [1.82, 2.24) is 15.3 Å². The SMILES string of the molecule is CC1(C)CCC(NCc2ccc(Oc3ccc4nc(-c5ccccc5)[nH]c4c3)cc2)CC1.O=C(O)C(F)(F)F. The van der Waals surface area contributed by atoms with Crippen molar-refractivity contribution in [3.63, 3.8) is 0 Å². The van der Waals surface area contributed by atoms with Gasteiger partial charge in [-0.05, 0) is 60.9 Å². The van der Waals surface area contributed by atoms with Gasteiger partial charge in [-0.15, -0.1) is 0 Å². The van der Waals surface area contributed by atoms with Crippen LogP contribution in [0.15, 0.2) is 72.8 Å². The summed E-state index contributed by atoms with van der Waals surface area (Å²) in [6, 6.07) is 25.2. The van der Waals surface area contributed by atoms with Crippen LogP contribution in [0.3, 0.4) is 0 Å². The molecule has 0 saturated heterocycles. The quantitative estimate of drug-likeness (QED) is 0.234. The highest BCUT2D eigenvalue weighted by atomic mass is 19.4. The van der Waals surface area contributed by atoms with Crippen LogP contribution in [0.25, 0.3) is 22.4 Å². The molecule has 4 aromatic rings. The normalized spacial score (nSPS) is 15.4. The highest BCUT2D eigenvalue weighted by Crippen LogP contribution is 2.35. The Hall–Kier alpha value is -3.85. The van der Waals surface area contributed by atoms with Crippen molar-refractivity contribution < 1.29 is 27.8 Å². The van der Waals surface area contributed by atoms with Gasteiger partial charge in [-0.1, -0.05) is 56.3 Å². The topological polar surface area (TPSA) is 87.2 Å². The van der Waals surface area contributed by atoms with Crippen LogP contribution in [-0.2, 0) is 11.3 Å². The number of H-pyrrole nitrogens is 1. The number of aromatic nitrogens is 2. The number of benzene rings is 3. The third-order valence-electron chi connectivity index (χ3n) is 6.84. The number of aliphatic carboxylic acids is 1. The summed E-state index contributed by atoms with van der Waals surface area (Å²) in [5, 5.41) is 10.9. The van der Waals surface area contributed by atoms with Gasteiger partial charge in [-0.2, -0.15) is 13.2 Å². The number of carbonyl (C=O) groups is 1. The van der Waals surface area contributed by atoms with Crippen molar-refractivity contribution in [3.05, 3.63) is 78.4 Å². The number of nitrogens with zero attached hydrogens (tertiary/aromatic N) is 1. The van der Waals surface area contributed by atoms with Gasteiger partial charge >= 0.3 is 12.1 Å². The summed E-state index contributed by atoms with van der Waals surface area (Å²) in [4.78, 5) is 17.0. The number of nitrogens with one attached hydrogen (secondary N) is 2. The summed E-state index contributed by atoms with van der Waals surface area (Å²) >= 11 is 0. The van der Waals surface area contributed by atoms with E-state index in [4.69, 9.17) is 19.6 Å². The zero-order valence-corrected chi connectivity index (χ0v) is 21.9. The van der Waals surface area contributed by atoms with Gasteiger partial charge in [0, 0.05) is 24.2 Å². The minimum Gasteiger partial charge on any atom is -0.475 e. The summed E-state index contributed by atoms with van der Waals surface area (Å²) in [5.74, 6) is -0.240. The predicted octanol–water partition coefficient (Wildman–Crippen LogP) is 7.71. The Morgan fingerprint density at radius 1 is 1.03 bits per heavy atom. The molecular formula is C30H32F3N3O3. The molecule has 1 aliphatic carbocycles. The Bertz CT molecular complexity index is 1370. The minimum atomic E-state index is -5.08. The van der Waals surface area contributed by atoms with Crippen LogP contribution in [0.5, 0.6) is 11.5 Å². The summed E-state index contributed by atoms with van der Waals surface area (Å²) in [7, 11) is 0. The van der Waals surface area contributed by atoms with E-state index in [1.165, 1.54) is 31.2 Å². The Morgan fingerprint density at radius 2 is 1.64 bits per heavy atom. The van der Waals surface area contributed by atoms with Gasteiger partial charge in [0.15, 0.2) is 0 Å². The zero-order valence-electron chi connectivity index (χ0n) is 21.9. The lowest BCUT2D eigenvalue weighted by Gasteiger charge is -2.34. The van der Waals surface area contributed by atoms with Crippen LogP contribution in [0, 0.1) is 5.41 Å². The molecule has 39 heavy (non-hydrogen) atoms. The number of rotatable bonds is 6. The lowest BCUT2D eigenvalue weighted by molar-refractivity contribution is -0.192. The summed E-state index contributed by atoms with van der Waals surface area (Å²) < 4.78 is 37.8. The first-order valence-electron chi connectivity index (χ1n) is 12.8. The van der Waals surface area contributed by atoms with Crippen molar-refractivity contribution in [2.24, 2.45) is 5.41 Å². The van der Waals surface area contributed by atoms with Crippen molar-refractivity contribution in [1.29, 1.82) is 0 Å². The molecule has 1 aromatic heterocycles. The van der Waals surface area contributed by atoms with Gasteiger partial charge < -0.3 is 20.1 Å². The molecule has 0 aliphatic heterocycles. The maximum Gasteiger partial charge on any atom is 0.490 e. The van der Waals surface area contributed by atoms with Gasteiger partial charge in [0.05, 0.1) is 11.0 Å². The molecule has 0 radical (unpaired) electrons. The number of hydrogen-bond donors (Lipinski definition) is 3. The van der Waals surface area contributed by atoms with Gasteiger partial charge in [0.1, 0.15) is 17.3 Å². The van der Waals surface area contributed by atoms with Crippen LogP contribution in [0.2, 0.25) is 0 Å². The van der Waals surface area contributed by atoms with Crippen molar-refractivity contribution in [2.75, 3.05) is 0 Å². The first-order valence-corrected chi connectivity index (χ1v) is 12.8. The first kappa shape index (κ1) is 28.2. The smallest absolute Gasteiger partial charge is 0.475 e. The molecule has 206 valence electrons. The highest BCUT2D eigenvalue weighted by Gasteiger charge is 2.38. The Labute approximate surface area is 225 Å². The number of aromatic amines is 1. The second-order valence-electron chi connectivity index (χ2n) is 10.5. The van der Waals surface area contributed by atoms with Gasteiger partial charge in [0.2, 0.25) is 0 Å². The van der Waals surface area contributed by atoms with E-state index in [1.807, 2.05) is 48.5 Å². The number of halogens is 3. The van der Waals surface area contributed by atoms with Crippen LogP contribution in [-0.4, -0.2) is 33.3 Å². The van der Waals surface area contributed by atoms with E-state index in [-0.39, 0.29) is 0 Å². The third-order valence-corrected chi connectivity index (χ3v) is 6.84. The minimum absolute atomic E-state index is 0.513. The molecule has 0 spiro atoms. The molecule has 5 rings (SSSR count). The Morgan fingerprint density at radius 3 is 2.26 bits per heavy atom. The van der Waals surface area contributed by atoms with Crippen LogP contribution in [0.1, 0.15) is 45.1 Å². The number of imidazole rings is 1. The van der Waals surface area contributed by atoms with E-state index in [1.54, 1.807) is 0 Å². The van der Waals surface area contributed by atoms with Gasteiger partial charge in [-0.3, -0.25) is 0 Å². The predicted molar refractivity (Wildman–Crippen MR) is 145 cm³/mol. The Balaban J connectivity index is 0.000000448. The zero-order chi connectivity index (χ0) is 28.0. The van der Waals surface area contributed by atoms with E-state index in [9.17, 15) is 13.2 Å². The van der Waals surface area contributed by atoms with Crippen molar-refractivity contribution in [3.8, 4) is 22.9 Å². The van der Waals surface area contributed by atoms with Crippen molar-refractivity contribution >= 4 is 17.0 Å². The molecule has 6 nitrogen and oxygen atoms in total. The lowest BCUT2D eigenvalue weighted by Crippen LogP contribution is -2.35. The van der Waals surface area contributed by atoms with E-state index < -0.39 is 12.1 Å². The number of carboxylic acids is 1. The fraction of sp³-hybridized carbons (Fsp3) is 0.333. The monoisotopic (exact) mass is 539 g/mol. The van der Waals surface area contributed by atoms with Crippen LogP contribution in [0.4, 0.5) is 13.2 Å². The summed E-state index contributed by atoms with van der Waals surface area (Å²) in [6.07, 6.45) is 0.0858. The van der Waals surface area contributed by atoms with E-state index >= 15 is 0 Å². The number of alkyl halides is 3. The van der Waals surface area contributed by atoms with Gasteiger partial charge in [0.25, 0.3) is 0 Å². The number of ether oxygens (including phenoxy) is 1. The summed E-state index contributed by atoms with van der Waals surface area (Å²) in [6.45, 7) is 5.68. The molecule has 1 heterocycles. The second-order valence-corrected chi connectivity index (χ2v) is 10.5. The molecule has 9 heteroatoms. The molecule has 1 saturated carbocycles. The fourth-order valence-corrected chi connectivity index (χ4v) is 4.46. The maximum atomic E-state index is 10.6. The van der Waals surface area contributed by atoms with Gasteiger partial charge in [-0.25, -0.2) is 9.78 Å². The average molecular weight is 540 g/mol. The first-order chi connectivity index (χ1) is 18.5. The lowest BCUT2D eigenvalue weighted by atomic mass is 9.75. The molecule has 1 aliphatic rings. The number of carboxylic acid groups (broad SMARTS) is 1. The van der Waals surface area contributed by atoms with Crippen LogP contribution < -0.4 is 10.1 Å². The number of hydrogen-bond acceptors (Lipinski definition) is 4. The molecule has 0 atom stereocenters. The molecule has 1 fully saturated rings. The summed E-state index contributed by atoms with van der Waals surface area (Å²) in [5.41, 5.74) is 4.78. The molecule has 0 unspecified atom stereocenters. The second kappa shape index (κ2) is 11.9. The fourth-order valence-electron chi connectivity index (χ4n) is 4.46. The van der Waals surface area contributed by atoms with E-state index in [0.29, 0.717) is 11.5 Å². The van der Waals surface area contributed by atoms with Crippen LogP contribution >= 0.6 is 0 Å². The van der Waals surface area contributed by atoms with E-state index in [0.717, 1.165) is 40.5 Å². The highest BCUT2D eigenvalue weighted by molar-refractivity contribution is 5.80. The molecule has 0 bridgehead atoms. The maximum absolute atomic E-state index is 10.6. The Kier molecular flexibility index (Phi) is 8.60. The van der Waals surface area contributed by atoms with Crippen molar-refractivity contribution in [2.45, 2.75) is 58.3 Å². The molecular weight excluding hydrogens is 507 g/mol. The molecule has 3 N–H and O–H groups in total. The average Bonchev–Trinajstić information content (AvgIpc) is 3.33. The molecule has 0 amide bonds. The standard InChI is InChI=1S/C28H31N3O.C2HF3O2/c1-28(2)16-14-22(15-17-28)29-19-20-8-10-23(11-9-20)32-24-12-13-25-26(18-24)31-27(30-25)21-6-4-3-5-7-21;3-2(4,5)1(6)7/h3-13,18,22,29H,14-17,19H2,1-2H3,(H,30,31);(H,6,7). The van der Waals surface area contributed by atoms with E-state index in [2.05, 4.69) is 48.4 Å². The third kappa shape index (κ3) is 8.07. The largest absolute Gasteiger partial charge is 0.490 e.